The molecule has 1 saturated heterocycles. The van der Waals surface area contributed by atoms with E-state index in [4.69, 9.17) is 9.84 Å². The number of carboxylic acids is 1. The molecule has 1 unspecified atom stereocenters. The number of amides is 1. The zero-order valence-corrected chi connectivity index (χ0v) is 11.0. The van der Waals surface area contributed by atoms with Crippen LogP contribution in [0.5, 0.6) is 5.75 Å². The van der Waals surface area contributed by atoms with Gasteiger partial charge in [-0.05, 0) is 18.6 Å². The third-order valence-corrected chi connectivity index (χ3v) is 3.15. The van der Waals surface area contributed by atoms with Crippen molar-refractivity contribution in [1.29, 1.82) is 0 Å². The molecule has 2 rings (SSSR count). The van der Waals surface area contributed by atoms with Gasteiger partial charge in [-0.15, -0.1) is 0 Å². The Labute approximate surface area is 116 Å². The minimum absolute atomic E-state index is 0.209. The minimum Gasteiger partial charge on any atom is -0.487 e. The highest BCUT2D eigenvalue weighted by Crippen LogP contribution is 2.22. The van der Waals surface area contributed by atoms with Crippen molar-refractivity contribution >= 4 is 11.9 Å². The minimum atomic E-state index is -0.871. The van der Waals surface area contributed by atoms with Gasteiger partial charge in [-0.3, -0.25) is 9.59 Å². The number of likely N-dealkylation sites (tertiary alicyclic amines) is 1. The fourth-order valence-electron chi connectivity index (χ4n) is 2.11. The number of pyridine rings is 1. The van der Waals surface area contributed by atoms with E-state index in [1.54, 1.807) is 18.2 Å². The van der Waals surface area contributed by atoms with Crippen LogP contribution < -0.4 is 4.74 Å². The first kappa shape index (κ1) is 14.0. The van der Waals surface area contributed by atoms with Crippen LogP contribution in [-0.4, -0.2) is 46.6 Å². The van der Waals surface area contributed by atoms with Crippen molar-refractivity contribution in [3.63, 3.8) is 0 Å². The van der Waals surface area contributed by atoms with Gasteiger partial charge in [-0.1, -0.05) is 12.7 Å². The molecule has 1 fully saturated rings. The first-order chi connectivity index (χ1) is 9.63. The average molecular weight is 276 g/mol. The lowest BCUT2D eigenvalue weighted by atomic mass is 10.1. The largest absolute Gasteiger partial charge is 0.487 e. The highest BCUT2D eigenvalue weighted by atomic mass is 16.5. The van der Waals surface area contributed by atoms with Crippen LogP contribution >= 0.6 is 0 Å². The lowest BCUT2D eigenvalue weighted by molar-refractivity contribution is -0.141. The van der Waals surface area contributed by atoms with E-state index in [-0.39, 0.29) is 24.8 Å². The lowest BCUT2D eigenvalue weighted by Gasteiger charge is -2.17. The van der Waals surface area contributed by atoms with Crippen molar-refractivity contribution in [3.8, 4) is 5.75 Å². The molecule has 0 bridgehead atoms. The van der Waals surface area contributed by atoms with E-state index < -0.39 is 11.9 Å². The highest BCUT2D eigenvalue weighted by Gasteiger charge is 2.32. The summed E-state index contributed by atoms with van der Waals surface area (Å²) in [5.41, 5.74) is 0.209. The summed E-state index contributed by atoms with van der Waals surface area (Å²) in [6, 6.07) is 3.34. The van der Waals surface area contributed by atoms with Gasteiger partial charge in [0.15, 0.2) is 11.4 Å². The molecule has 20 heavy (non-hydrogen) atoms. The highest BCUT2D eigenvalue weighted by molar-refractivity contribution is 5.95. The fraction of sp³-hybridized carbons (Fsp3) is 0.357. The summed E-state index contributed by atoms with van der Waals surface area (Å²) >= 11 is 0. The second kappa shape index (κ2) is 6.18. The number of aliphatic carboxylic acids is 1. The molecule has 0 aromatic carbocycles. The summed E-state index contributed by atoms with van der Waals surface area (Å²) in [5, 5.41) is 8.96. The van der Waals surface area contributed by atoms with Crippen molar-refractivity contribution in [2.45, 2.75) is 6.42 Å². The van der Waals surface area contributed by atoms with Gasteiger partial charge in [0.05, 0.1) is 5.92 Å². The van der Waals surface area contributed by atoms with Crippen molar-refractivity contribution in [2.75, 3.05) is 19.7 Å². The topological polar surface area (TPSA) is 79.7 Å². The number of ether oxygens (including phenoxy) is 1. The Morgan fingerprint density at radius 1 is 1.60 bits per heavy atom. The first-order valence-electron chi connectivity index (χ1n) is 6.34. The maximum atomic E-state index is 12.4. The van der Waals surface area contributed by atoms with Gasteiger partial charge >= 0.3 is 5.97 Å². The van der Waals surface area contributed by atoms with Gasteiger partial charge < -0.3 is 14.7 Å². The Bertz CT molecular complexity index is 530. The van der Waals surface area contributed by atoms with E-state index in [9.17, 15) is 9.59 Å². The SMILES string of the molecule is C=CCOc1cccnc1C(=O)N1CCC(C(=O)O)C1. The third kappa shape index (κ3) is 2.96. The molecule has 106 valence electrons. The van der Waals surface area contributed by atoms with Crippen LogP contribution in [-0.2, 0) is 4.79 Å². The second-order valence-corrected chi connectivity index (χ2v) is 4.52. The van der Waals surface area contributed by atoms with Crippen LogP contribution in [0.1, 0.15) is 16.9 Å². The Morgan fingerprint density at radius 3 is 3.05 bits per heavy atom. The normalized spacial score (nSPS) is 17.8. The van der Waals surface area contributed by atoms with E-state index in [1.807, 2.05) is 0 Å². The van der Waals surface area contributed by atoms with Crippen LogP contribution in [0.4, 0.5) is 0 Å². The van der Waals surface area contributed by atoms with E-state index in [0.717, 1.165) is 0 Å². The number of hydrogen-bond donors (Lipinski definition) is 1. The van der Waals surface area contributed by atoms with Crippen LogP contribution in [0.3, 0.4) is 0 Å². The average Bonchev–Trinajstić information content (AvgIpc) is 2.94. The van der Waals surface area contributed by atoms with E-state index in [2.05, 4.69) is 11.6 Å². The molecule has 0 aliphatic carbocycles. The molecular weight excluding hydrogens is 260 g/mol. The van der Waals surface area contributed by atoms with Gasteiger partial charge in [0.2, 0.25) is 0 Å². The maximum absolute atomic E-state index is 12.4. The zero-order chi connectivity index (χ0) is 14.5. The first-order valence-corrected chi connectivity index (χ1v) is 6.34. The van der Waals surface area contributed by atoms with Crippen molar-refractivity contribution in [2.24, 2.45) is 5.92 Å². The van der Waals surface area contributed by atoms with Gasteiger partial charge in [-0.25, -0.2) is 4.98 Å². The predicted molar refractivity (Wildman–Crippen MR) is 71.6 cm³/mol. The molecule has 1 aliphatic heterocycles. The zero-order valence-electron chi connectivity index (χ0n) is 11.0. The number of carboxylic acid groups (broad SMARTS) is 1. The second-order valence-electron chi connectivity index (χ2n) is 4.52. The monoisotopic (exact) mass is 276 g/mol. The Kier molecular flexibility index (Phi) is 4.34. The summed E-state index contributed by atoms with van der Waals surface area (Å²) in [7, 11) is 0. The molecule has 6 nitrogen and oxygen atoms in total. The fourth-order valence-corrected chi connectivity index (χ4v) is 2.11. The van der Waals surface area contributed by atoms with E-state index in [0.29, 0.717) is 18.7 Å². The summed E-state index contributed by atoms with van der Waals surface area (Å²) in [5.74, 6) is -1.28. The third-order valence-electron chi connectivity index (χ3n) is 3.15. The summed E-state index contributed by atoms with van der Waals surface area (Å²) in [4.78, 5) is 28.8. The molecule has 0 spiro atoms. The molecule has 1 N–H and O–H groups in total. The van der Waals surface area contributed by atoms with Gasteiger partial charge in [0.25, 0.3) is 5.91 Å². The van der Waals surface area contributed by atoms with Crippen molar-refractivity contribution in [1.82, 2.24) is 9.88 Å². The molecule has 0 saturated carbocycles. The van der Waals surface area contributed by atoms with E-state index >= 15 is 0 Å². The summed E-state index contributed by atoms with van der Waals surface area (Å²) < 4.78 is 5.40. The van der Waals surface area contributed by atoms with Crippen molar-refractivity contribution < 1.29 is 19.4 Å². The molecule has 0 radical (unpaired) electrons. The predicted octanol–water partition coefficient (Wildman–Crippen LogP) is 1.19. The molecule has 1 atom stereocenters. The van der Waals surface area contributed by atoms with Crippen LogP contribution in [0.15, 0.2) is 31.0 Å². The number of carbonyl (C=O) groups excluding carboxylic acids is 1. The van der Waals surface area contributed by atoms with Crippen LogP contribution in [0, 0.1) is 5.92 Å². The summed E-state index contributed by atoms with van der Waals surface area (Å²) in [6.07, 6.45) is 3.56. The van der Waals surface area contributed by atoms with Crippen molar-refractivity contribution in [3.05, 3.63) is 36.7 Å². The van der Waals surface area contributed by atoms with Gasteiger partial charge in [0, 0.05) is 19.3 Å². The van der Waals surface area contributed by atoms with Crippen LogP contribution in [0.25, 0.3) is 0 Å². The van der Waals surface area contributed by atoms with Crippen LogP contribution in [0.2, 0.25) is 0 Å². The molecular formula is C14H16N2O4. The quantitative estimate of drug-likeness (QED) is 0.817. The molecule has 2 heterocycles. The number of hydrogen-bond acceptors (Lipinski definition) is 4. The number of rotatable bonds is 5. The Morgan fingerprint density at radius 2 is 2.40 bits per heavy atom. The maximum Gasteiger partial charge on any atom is 0.308 e. The molecule has 1 amide bonds. The Balaban J connectivity index is 2.13. The standard InChI is InChI=1S/C14H16N2O4/c1-2-8-20-11-4-3-6-15-12(11)13(17)16-7-5-10(9-16)14(18)19/h2-4,6,10H,1,5,7-9H2,(H,18,19). The Hall–Kier alpha value is -2.37. The molecule has 1 aromatic heterocycles. The van der Waals surface area contributed by atoms with Gasteiger partial charge in [0.1, 0.15) is 6.61 Å². The van der Waals surface area contributed by atoms with Gasteiger partial charge in [-0.2, -0.15) is 0 Å². The molecule has 1 aromatic rings. The lowest BCUT2D eigenvalue weighted by Crippen LogP contribution is -2.31. The summed E-state index contributed by atoms with van der Waals surface area (Å²) in [6.45, 7) is 4.47. The number of nitrogens with zero attached hydrogens (tertiary/aromatic N) is 2. The molecule has 6 heteroatoms. The molecule has 1 aliphatic rings. The number of aromatic nitrogens is 1. The smallest absolute Gasteiger partial charge is 0.308 e. The number of carbonyl (C=O) groups is 2. The van der Waals surface area contributed by atoms with E-state index in [1.165, 1.54) is 11.1 Å².